The van der Waals surface area contributed by atoms with Crippen molar-refractivity contribution in [2.45, 2.75) is 38.8 Å². The van der Waals surface area contributed by atoms with E-state index in [1.54, 1.807) is 24.1 Å². The Balaban J connectivity index is 1.60. The van der Waals surface area contributed by atoms with Gasteiger partial charge in [-0.15, -0.1) is 0 Å². The summed E-state index contributed by atoms with van der Waals surface area (Å²) >= 11 is 0. The SMILES string of the molecule is COc1cccc(C(=O)N[C@@H]2CCN(C(=O)C3NC(=O)CC3C)C2)c1C. The highest BCUT2D eigenvalue weighted by Gasteiger charge is 2.39. The van der Waals surface area contributed by atoms with Crippen LogP contribution in [-0.4, -0.2) is 54.9 Å². The van der Waals surface area contributed by atoms with Gasteiger partial charge in [0.1, 0.15) is 11.8 Å². The molecule has 0 aromatic heterocycles. The molecule has 2 heterocycles. The first-order chi connectivity index (χ1) is 12.4. The summed E-state index contributed by atoms with van der Waals surface area (Å²) in [5, 5.41) is 5.76. The third kappa shape index (κ3) is 3.52. The Morgan fingerprint density at radius 2 is 2.12 bits per heavy atom. The topological polar surface area (TPSA) is 87.7 Å². The van der Waals surface area contributed by atoms with Gasteiger partial charge in [0, 0.05) is 36.7 Å². The van der Waals surface area contributed by atoms with Gasteiger partial charge in [0.05, 0.1) is 7.11 Å². The molecule has 0 radical (unpaired) electrons. The third-order valence-corrected chi connectivity index (χ3v) is 5.24. The molecule has 2 fully saturated rings. The van der Waals surface area contributed by atoms with Crippen molar-refractivity contribution in [1.29, 1.82) is 0 Å². The predicted octanol–water partition coefficient (Wildman–Crippen LogP) is 0.859. The number of carbonyl (C=O) groups is 3. The van der Waals surface area contributed by atoms with E-state index in [0.29, 0.717) is 37.2 Å². The monoisotopic (exact) mass is 359 g/mol. The fourth-order valence-corrected chi connectivity index (χ4v) is 3.71. The molecule has 1 aromatic rings. The molecule has 26 heavy (non-hydrogen) atoms. The van der Waals surface area contributed by atoms with Gasteiger partial charge >= 0.3 is 0 Å². The number of carbonyl (C=O) groups excluding carboxylic acids is 3. The fourth-order valence-electron chi connectivity index (χ4n) is 3.71. The summed E-state index contributed by atoms with van der Waals surface area (Å²) in [4.78, 5) is 38.4. The van der Waals surface area contributed by atoms with Crippen LogP contribution in [0.1, 0.15) is 35.7 Å². The molecule has 3 atom stereocenters. The van der Waals surface area contributed by atoms with Gasteiger partial charge in [-0.05, 0) is 31.4 Å². The molecule has 7 nitrogen and oxygen atoms in total. The van der Waals surface area contributed by atoms with Gasteiger partial charge < -0.3 is 20.3 Å². The number of hydrogen-bond donors (Lipinski definition) is 2. The van der Waals surface area contributed by atoms with Crippen molar-refractivity contribution in [3.05, 3.63) is 29.3 Å². The van der Waals surface area contributed by atoms with Crippen LogP contribution in [0.15, 0.2) is 18.2 Å². The Hall–Kier alpha value is -2.57. The highest BCUT2D eigenvalue weighted by atomic mass is 16.5. The first-order valence-corrected chi connectivity index (χ1v) is 8.93. The zero-order valence-corrected chi connectivity index (χ0v) is 15.4. The smallest absolute Gasteiger partial charge is 0.251 e. The quantitative estimate of drug-likeness (QED) is 0.835. The van der Waals surface area contributed by atoms with E-state index in [-0.39, 0.29) is 29.7 Å². The van der Waals surface area contributed by atoms with Gasteiger partial charge in [0.15, 0.2) is 0 Å². The molecule has 2 aliphatic rings. The lowest BCUT2D eigenvalue weighted by atomic mass is 10.0. The third-order valence-electron chi connectivity index (χ3n) is 5.24. The van der Waals surface area contributed by atoms with Gasteiger partial charge in [-0.3, -0.25) is 14.4 Å². The normalized spacial score (nSPS) is 25.1. The molecule has 0 bridgehead atoms. The molecule has 2 unspecified atom stereocenters. The van der Waals surface area contributed by atoms with Crippen LogP contribution in [0.2, 0.25) is 0 Å². The molecule has 0 spiro atoms. The lowest BCUT2D eigenvalue weighted by Crippen LogP contribution is -2.47. The van der Waals surface area contributed by atoms with Crippen LogP contribution in [0, 0.1) is 12.8 Å². The number of nitrogens with one attached hydrogen (secondary N) is 2. The number of benzene rings is 1. The zero-order valence-electron chi connectivity index (χ0n) is 15.4. The summed E-state index contributed by atoms with van der Waals surface area (Å²) in [5.41, 5.74) is 1.37. The van der Waals surface area contributed by atoms with E-state index >= 15 is 0 Å². The van der Waals surface area contributed by atoms with Gasteiger partial charge in [-0.25, -0.2) is 0 Å². The summed E-state index contributed by atoms with van der Waals surface area (Å²) in [6.07, 6.45) is 1.09. The van der Waals surface area contributed by atoms with E-state index < -0.39 is 6.04 Å². The number of nitrogens with zero attached hydrogens (tertiary/aromatic N) is 1. The molecule has 2 saturated heterocycles. The van der Waals surface area contributed by atoms with Crippen molar-refractivity contribution in [3.8, 4) is 5.75 Å². The van der Waals surface area contributed by atoms with Crippen LogP contribution >= 0.6 is 0 Å². The maximum Gasteiger partial charge on any atom is 0.251 e. The van der Waals surface area contributed by atoms with Gasteiger partial charge in [0.2, 0.25) is 11.8 Å². The van der Waals surface area contributed by atoms with Crippen LogP contribution in [0.4, 0.5) is 0 Å². The van der Waals surface area contributed by atoms with E-state index in [1.807, 2.05) is 19.9 Å². The molecule has 0 aliphatic carbocycles. The molecule has 2 aliphatic heterocycles. The molecule has 2 N–H and O–H groups in total. The summed E-state index contributed by atoms with van der Waals surface area (Å²) in [5.74, 6) is 0.379. The molecule has 7 heteroatoms. The Labute approximate surface area is 153 Å². The van der Waals surface area contributed by atoms with Crippen molar-refractivity contribution in [1.82, 2.24) is 15.5 Å². The highest BCUT2D eigenvalue weighted by Crippen LogP contribution is 2.22. The van der Waals surface area contributed by atoms with Gasteiger partial charge in [-0.2, -0.15) is 0 Å². The first kappa shape index (κ1) is 18.2. The van der Waals surface area contributed by atoms with E-state index in [2.05, 4.69) is 10.6 Å². The van der Waals surface area contributed by atoms with E-state index in [0.717, 1.165) is 5.56 Å². The standard InChI is InChI=1S/C19H25N3O4/c1-11-9-16(23)21-17(11)19(25)22-8-7-13(10-22)20-18(24)14-5-4-6-15(26-3)12(14)2/h4-6,11,13,17H,7-10H2,1-3H3,(H,20,24)(H,21,23)/t11?,13-,17?/m1/s1. The number of likely N-dealkylation sites (tertiary alicyclic amines) is 1. The minimum absolute atomic E-state index is 0.00285. The maximum atomic E-state index is 12.6. The molecule has 3 rings (SSSR count). The average Bonchev–Trinajstić information content (AvgIpc) is 3.20. The molecule has 140 valence electrons. The van der Waals surface area contributed by atoms with Crippen molar-refractivity contribution >= 4 is 17.7 Å². The number of methoxy groups -OCH3 is 1. The predicted molar refractivity (Wildman–Crippen MR) is 95.9 cm³/mol. The van der Waals surface area contributed by atoms with Crippen molar-refractivity contribution in [3.63, 3.8) is 0 Å². The van der Waals surface area contributed by atoms with Gasteiger partial charge in [0.25, 0.3) is 5.91 Å². The van der Waals surface area contributed by atoms with Crippen molar-refractivity contribution in [2.24, 2.45) is 5.92 Å². The molecular weight excluding hydrogens is 334 g/mol. The number of rotatable bonds is 4. The molecule has 0 saturated carbocycles. The minimum atomic E-state index is -0.447. The van der Waals surface area contributed by atoms with Crippen LogP contribution in [-0.2, 0) is 9.59 Å². The van der Waals surface area contributed by atoms with E-state index in [4.69, 9.17) is 4.74 Å². The first-order valence-electron chi connectivity index (χ1n) is 8.93. The summed E-state index contributed by atoms with van der Waals surface area (Å²) < 4.78 is 5.26. The second-order valence-corrected chi connectivity index (χ2v) is 7.10. The Morgan fingerprint density at radius 3 is 2.77 bits per heavy atom. The second-order valence-electron chi connectivity index (χ2n) is 7.10. The van der Waals surface area contributed by atoms with Crippen molar-refractivity contribution < 1.29 is 19.1 Å². The second kappa shape index (κ2) is 7.35. The van der Waals surface area contributed by atoms with Crippen LogP contribution in [0.25, 0.3) is 0 Å². The minimum Gasteiger partial charge on any atom is -0.496 e. The van der Waals surface area contributed by atoms with Crippen LogP contribution in [0.5, 0.6) is 5.75 Å². The summed E-state index contributed by atoms with van der Waals surface area (Å²) in [6.45, 7) is 4.80. The molecule has 1 aromatic carbocycles. The summed E-state index contributed by atoms with van der Waals surface area (Å²) in [7, 11) is 1.58. The largest absolute Gasteiger partial charge is 0.496 e. The van der Waals surface area contributed by atoms with Crippen LogP contribution < -0.4 is 15.4 Å². The van der Waals surface area contributed by atoms with Crippen LogP contribution in [0.3, 0.4) is 0 Å². The lowest BCUT2D eigenvalue weighted by Gasteiger charge is -2.23. The van der Waals surface area contributed by atoms with Crippen molar-refractivity contribution in [2.75, 3.05) is 20.2 Å². The molecule has 3 amide bonds. The number of amides is 3. The Kier molecular flexibility index (Phi) is 5.15. The molecular formula is C19H25N3O4. The van der Waals surface area contributed by atoms with Gasteiger partial charge in [-0.1, -0.05) is 13.0 Å². The van der Waals surface area contributed by atoms with E-state index in [9.17, 15) is 14.4 Å². The Morgan fingerprint density at radius 1 is 1.35 bits per heavy atom. The fraction of sp³-hybridized carbons (Fsp3) is 0.526. The Bertz CT molecular complexity index is 733. The van der Waals surface area contributed by atoms with E-state index in [1.165, 1.54) is 0 Å². The average molecular weight is 359 g/mol. The highest BCUT2D eigenvalue weighted by molar-refractivity contribution is 5.96. The summed E-state index contributed by atoms with van der Waals surface area (Å²) in [6, 6.07) is 4.83. The number of ether oxygens (including phenoxy) is 1. The number of hydrogen-bond acceptors (Lipinski definition) is 4. The maximum absolute atomic E-state index is 12.6. The zero-order chi connectivity index (χ0) is 18.8. The lowest BCUT2D eigenvalue weighted by molar-refractivity contribution is -0.134.